The lowest BCUT2D eigenvalue weighted by molar-refractivity contribution is -0.205. The van der Waals surface area contributed by atoms with Gasteiger partial charge in [-0.3, -0.25) is 9.69 Å². The molecule has 130 valence electrons. The fourth-order valence-corrected chi connectivity index (χ4v) is 3.96. The molecule has 7 heteroatoms. The van der Waals surface area contributed by atoms with E-state index in [-0.39, 0.29) is 24.7 Å². The molecule has 0 aromatic heterocycles. The van der Waals surface area contributed by atoms with Crippen LogP contribution in [-0.2, 0) is 19.1 Å². The number of carbonyl (C=O) groups is 2. The van der Waals surface area contributed by atoms with Crippen LogP contribution in [0, 0.1) is 11.8 Å². The summed E-state index contributed by atoms with van der Waals surface area (Å²) in [6.45, 7) is 5.81. The zero-order valence-electron chi connectivity index (χ0n) is 13.8. The van der Waals surface area contributed by atoms with Crippen molar-refractivity contribution in [1.29, 1.82) is 0 Å². The number of carbonyl (C=O) groups excluding carboxylic acids is 2. The predicted molar refractivity (Wildman–Crippen MR) is 79.3 cm³/mol. The molecular weight excluding hydrogens is 302 g/mol. The summed E-state index contributed by atoms with van der Waals surface area (Å²) in [5, 5.41) is 21.1. The standard InChI is InChI=1S/C16H25NO6/c1-9-13(18)23-11-5-7-17-6-4-10(12(11)17)8-22-14(19)16(3,21)15(9,2)20/h9-12,20-21H,4-8H2,1-3H3. The lowest BCUT2D eigenvalue weighted by Crippen LogP contribution is -2.61. The van der Waals surface area contributed by atoms with E-state index in [0.29, 0.717) is 0 Å². The van der Waals surface area contributed by atoms with Gasteiger partial charge in [0.25, 0.3) is 0 Å². The van der Waals surface area contributed by atoms with Crippen LogP contribution < -0.4 is 0 Å². The van der Waals surface area contributed by atoms with Crippen molar-refractivity contribution in [3.63, 3.8) is 0 Å². The second kappa shape index (κ2) is 5.43. The van der Waals surface area contributed by atoms with Crippen molar-refractivity contribution < 1.29 is 29.3 Å². The molecule has 3 fully saturated rings. The quantitative estimate of drug-likeness (QED) is 0.589. The molecule has 0 saturated carbocycles. The Bertz CT molecular complexity index is 517. The van der Waals surface area contributed by atoms with Crippen LogP contribution in [0.5, 0.6) is 0 Å². The minimum atomic E-state index is -2.19. The molecule has 3 aliphatic heterocycles. The van der Waals surface area contributed by atoms with E-state index in [9.17, 15) is 19.8 Å². The summed E-state index contributed by atoms with van der Waals surface area (Å²) in [6.07, 6.45) is 1.35. The first-order valence-electron chi connectivity index (χ1n) is 8.22. The van der Waals surface area contributed by atoms with Crippen molar-refractivity contribution in [3.05, 3.63) is 0 Å². The first kappa shape index (κ1) is 16.7. The molecule has 2 N–H and O–H groups in total. The van der Waals surface area contributed by atoms with E-state index in [1.807, 2.05) is 0 Å². The third-order valence-electron chi connectivity index (χ3n) is 6.05. The van der Waals surface area contributed by atoms with E-state index in [2.05, 4.69) is 4.90 Å². The Labute approximate surface area is 135 Å². The van der Waals surface area contributed by atoms with Gasteiger partial charge in [-0.2, -0.15) is 0 Å². The van der Waals surface area contributed by atoms with Gasteiger partial charge in [-0.1, -0.05) is 0 Å². The SMILES string of the molecule is CC1C(=O)OC2CCN3CCC(COC(=O)C(C)(O)C1(C)O)C23. The number of hydrogen-bond donors (Lipinski definition) is 2. The van der Waals surface area contributed by atoms with Gasteiger partial charge in [-0.05, 0) is 40.2 Å². The molecule has 6 atom stereocenters. The van der Waals surface area contributed by atoms with E-state index in [0.717, 1.165) is 25.9 Å². The number of ether oxygens (including phenoxy) is 2. The number of rotatable bonds is 0. The Hall–Kier alpha value is -1.18. The number of nitrogens with zero attached hydrogens (tertiary/aromatic N) is 1. The van der Waals surface area contributed by atoms with Crippen molar-refractivity contribution in [2.75, 3.05) is 19.7 Å². The molecule has 3 saturated heterocycles. The normalized spacial score (nSPS) is 48.4. The van der Waals surface area contributed by atoms with Crippen LogP contribution in [-0.4, -0.2) is 70.1 Å². The molecule has 3 aliphatic rings. The van der Waals surface area contributed by atoms with Crippen molar-refractivity contribution >= 4 is 11.9 Å². The third-order valence-corrected chi connectivity index (χ3v) is 6.05. The van der Waals surface area contributed by atoms with Gasteiger partial charge < -0.3 is 19.7 Å². The summed E-state index contributed by atoms with van der Waals surface area (Å²) in [4.78, 5) is 27.0. The number of esters is 2. The predicted octanol–water partition coefficient (Wildman–Crippen LogP) is -0.313. The lowest BCUT2D eigenvalue weighted by Gasteiger charge is -2.39. The summed E-state index contributed by atoms with van der Waals surface area (Å²) >= 11 is 0. The summed E-state index contributed by atoms with van der Waals surface area (Å²) in [6, 6.07) is 0.0481. The topological polar surface area (TPSA) is 96.3 Å². The summed E-state index contributed by atoms with van der Waals surface area (Å²) in [5.41, 5.74) is -4.18. The van der Waals surface area contributed by atoms with Gasteiger partial charge in [-0.25, -0.2) is 4.79 Å². The second-order valence-corrected chi connectivity index (χ2v) is 7.38. The van der Waals surface area contributed by atoms with Crippen molar-refractivity contribution in [2.24, 2.45) is 11.8 Å². The Balaban J connectivity index is 1.94. The smallest absolute Gasteiger partial charge is 0.340 e. The highest BCUT2D eigenvalue weighted by molar-refractivity contribution is 5.83. The van der Waals surface area contributed by atoms with Crippen molar-refractivity contribution in [2.45, 2.75) is 57.0 Å². The van der Waals surface area contributed by atoms with Crippen LogP contribution in [0.4, 0.5) is 0 Å². The van der Waals surface area contributed by atoms with Crippen molar-refractivity contribution in [1.82, 2.24) is 4.90 Å². The van der Waals surface area contributed by atoms with Gasteiger partial charge >= 0.3 is 11.9 Å². The van der Waals surface area contributed by atoms with Crippen LogP contribution in [0.25, 0.3) is 0 Å². The van der Waals surface area contributed by atoms with E-state index in [1.54, 1.807) is 0 Å². The third kappa shape index (κ3) is 2.45. The zero-order chi connectivity index (χ0) is 17.0. The molecule has 0 aromatic carbocycles. The minimum absolute atomic E-state index is 0.0481. The van der Waals surface area contributed by atoms with E-state index in [4.69, 9.17) is 9.47 Å². The first-order valence-corrected chi connectivity index (χ1v) is 8.22. The highest BCUT2D eigenvalue weighted by Gasteiger charge is 2.57. The first-order chi connectivity index (χ1) is 10.7. The highest BCUT2D eigenvalue weighted by atomic mass is 16.6. The molecule has 0 amide bonds. The van der Waals surface area contributed by atoms with Gasteiger partial charge in [0, 0.05) is 12.5 Å². The van der Waals surface area contributed by atoms with Gasteiger partial charge in [0.1, 0.15) is 11.7 Å². The number of aliphatic hydroxyl groups is 2. The minimum Gasteiger partial charge on any atom is -0.463 e. The summed E-state index contributed by atoms with van der Waals surface area (Å²) < 4.78 is 10.9. The molecule has 0 bridgehead atoms. The number of hydrogen-bond acceptors (Lipinski definition) is 7. The molecule has 0 spiro atoms. The Kier molecular flexibility index (Phi) is 3.93. The maximum atomic E-state index is 12.5. The van der Waals surface area contributed by atoms with E-state index < -0.39 is 29.1 Å². The van der Waals surface area contributed by atoms with Gasteiger partial charge in [0.2, 0.25) is 0 Å². The molecule has 3 rings (SSSR count). The highest BCUT2D eigenvalue weighted by Crippen LogP contribution is 2.38. The fraction of sp³-hybridized carbons (Fsp3) is 0.875. The van der Waals surface area contributed by atoms with Crippen LogP contribution in [0.15, 0.2) is 0 Å². The monoisotopic (exact) mass is 327 g/mol. The molecule has 6 unspecified atom stereocenters. The average molecular weight is 327 g/mol. The van der Waals surface area contributed by atoms with Crippen LogP contribution in [0.3, 0.4) is 0 Å². The largest absolute Gasteiger partial charge is 0.463 e. The molecular formula is C16H25NO6. The van der Waals surface area contributed by atoms with E-state index >= 15 is 0 Å². The van der Waals surface area contributed by atoms with Gasteiger partial charge in [-0.15, -0.1) is 0 Å². The van der Waals surface area contributed by atoms with Gasteiger partial charge in [0.05, 0.1) is 18.6 Å². The summed E-state index contributed by atoms with van der Waals surface area (Å²) in [7, 11) is 0. The maximum absolute atomic E-state index is 12.5. The second-order valence-electron chi connectivity index (χ2n) is 7.38. The van der Waals surface area contributed by atoms with Crippen LogP contribution >= 0.6 is 0 Å². The lowest BCUT2D eigenvalue weighted by atomic mass is 9.76. The van der Waals surface area contributed by atoms with E-state index in [1.165, 1.54) is 20.8 Å². The molecule has 0 aromatic rings. The van der Waals surface area contributed by atoms with Gasteiger partial charge in [0.15, 0.2) is 5.60 Å². The Morgan fingerprint density at radius 3 is 2.52 bits per heavy atom. The molecule has 0 radical (unpaired) electrons. The van der Waals surface area contributed by atoms with Crippen LogP contribution in [0.2, 0.25) is 0 Å². The summed E-state index contributed by atoms with van der Waals surface area (Å²) in [5.74, 6) is -2.48. The van der Waals surface area contributed by atoms with Crippen LogP contribution in [0.1, 0.15) is 33.6 Å². The maximum Gasteiger partial charge on any atom is 0.340 e. The van der Waals surface area contributed by atoms with Crippen molar-refractivity contribution in [3.8, 4) is 0 Å². The molecule has 7 nitrogen and oxygen atoms in total. The molecule has 0 aliphatic carbocycles. The zero-order valence-corrected chi connectivity index (χ0v) is 13.8. The Morgan fingerprint density at radius 2 is 1.83 bits per heavy atom. The average Bonchev–Trinajstić information content (AvgIpc) is 3.06. The number of cyclic esters (lactones) is 1. The Morgan fingerprint density at radius 1 is 1.17 bits per heavy atom. The molecule has 3 heterocycles. The molecule has 23 heavy (non-hydrogen) atoms. The fourth-order valence-electron chi connectivity index (χ4n) is 3.96.